The zero-order valence-corrected chi connectivity index (χ0v) is 12.2. The van der Waals surface area contributed by atoms with E-state index < -0.39 is 0 Å². The zero-order valence-electron chi connectivity index (χ0n) is 12.2. The summed E-state index contributed by atoms with van der Waals surface area (Å²) in [4.78, 5) is 8.71. The van der Waals surface area contributed by atoms with Crippen LogP contribution in [0, 0.1) is 5.92 Å². The van der Waals surface area contributed by atoms with Gasteiger partial charge in [-0.05, 0) is 18.8 Å². The first-order chi connectivity index (χ1) is 9.35. The molecule has 1 aliphatic rings. The largest absolute Gasteiger partial charge is 0.373 e. The first-order valence-corrected chi connectivity index (χ1v) is 7.60. The molecule has 0 saturated heterocycles. The molecule has 19 heavy (non-hydrogen) atoms. The standard InChI is InChI=1S/C15H26N4/c1-3-6-13-14(16-2)18-11-19-15(13)17-10-9-12-7-4-5-8-12/h11-12H,3-10H2,1-2H3,(H2,16,17,18,19). The van der Waals surface area contributed by atoms with Gasteiger partial charge in [0.25, 0.3) is 0 Å². The molecule has 0 unspecified atom stereocenters. The first-order valence-electron chi connectivity index (χ1n) is 7.60. The summed E-state index contributed by atoms with van der Waals surface area (Å²) in [5, 5.41) is 6.67. The van der Waals surface area contributed by atoms with Crippen molar-refractivity contribution in [3.05, 3.63) is 11.9 Å². The van der Waals surface area contributed by atoms with Gasteiger partial charge in [-0.2, -0.15) is 0 Å². The lowest BCUT2D eigenvalue weighted by Gasteiger charge is -2.15. The Balaban J connectivity index is 1.94. The molecule has 0 spiro atoms. The Morgan fingerprint density at radius 3 is 2.63 bits per heavy atom. The minimum absolute atomic E-state index is 0.924. The summed E-state index contributed by atoms with van der Waals surface area (Å²) in [5.41, 5.74) is 1.22. The van der Waals surface area contributed by atoms with Gasteiger partial charge in [0.05, 0.1) is 0 Å². The molecule has 1 fully saturated rings. The Morgan fingerprint density at radius 2 is 1.95 bits per heavy atom. The van der Waals surface area contributed by atoms with Crippen LogP contribution in [0.2, 0.25) is 0 Å². The van der Waals surface area contributed by atoms with Gasteiger partial charge in [0.15, 0.2) is 0 Å². The average Bonchev–Trinajstić information content (AvgIpc) is 2.94. The van der Waals surface area contributed by atoms with Crippen molar-refractivity contribution in [2.75, 3.05) is 24.2 Å². The van der Waals surface area contributed by atoms with Gasteiger partial charge < -0.3 is 10.6 Å². The Labute approximate surface area is 116 Å². The second kappa shape index (κ2) is 7.31. The van der Waals surface area contributed by atoms with Crippen LogP contribution in [-0.4, -0.2) is 23.6 Å². The van der Waals surface area contributed by atoms with E-state index in [4.69, 9.17) is 0 Å². The van der Waals surface area contributed by atoms with Crippen LogP contribution in [-0.2, 0) is 6.42 Å². The maximum atomic E-state index is 4.41. The number of hydrogen-bond donors (Lipinski definition) is 2. The molecular formula is C15H26N4. The first kappa shape index (κ1) is 14.1. The van der Waals surface area contributed by atoms with E-state index in [1.54, 1.807) is 6.33 Å². The summed E-state index contributed by atoms with van der Waals surface area (Å²) < 4.78 is 0. The van der Waals surface area contributed by atoms with Crippen LogP contribution in [0.1, 0.15) is 51.0 Å². The molecule has 2 rings (SSSR count). The van der Waals surface area contributed by atoms with Crippen molar-refractivity contribution in [1.82, 2.24) is 9.97 Å². The van der Waals surface area contributed by atoms with Crippen molar-refractivity contribution < 1.29 is 0 Å². The van der Waals surface area contributed by atoms with E-state index >= 15 is 0 Å². The highest BCUT2D eigenvalue weighted by Gasteiger charge is 2.15. The van der Waals surface area contributed by atoms with E-state index in [9.17, 15) is 0 Å². The van der Waals surface area contributed by atoms with Crippen molar-refractivity contribution >= 4 is 11.6 Å². The molecule has 1 aromatic rings. The summed E-state index contributed by atoms with van der Waals surface area (Å²) in [5.74, 6) is 2.90. The lowest BCUT2D eigenvalue weighted by molar-refractivity contribution is 0.518. The minimum Gasteiger partial charge on any atom is -0.373 e. The summed E-state index contributed by atoms with van der Waals surface area (Å²) >= 11 is 0. The molecule has 1 aromatic heterocycles. The van der Waals surface area contributed by atoms with E-state index in [2.05, 4.69) is 27.5 Å². The van der Waals surface area contributed by atoms with Gasteiger partial charge >= 0.3 is 0 Å². The molecule has 1 heterocycles. The third-order valence-corrected chi connectivity index (χ3v) is 4.00. The van der Waals surface area contributed by atoms with Gasteiger partial charge in [-0.25, -0.2) is 9.97 Å². The van der Waals surface area contributed by atoms with E-state index in [-0.39, 0.29) is 0 Å². The van der Waals surface area contributed by atoms with Crippen molar-refractivity contribution in [3.8, 4) is 0 Å². The SMILES string of the molecule is CCCc1c(NC)ncnc1NCCC1CCCC1. The highest BCUT2D eigenvalue weighted by Crippen LogP contribution is 2.28. The van der Waals surface area contributed by atoms with Gasteiger partial charge in [0.1, 0.15) is 18.0 Å². The molecule has 1 aliphatic carbocycles. The normalized spacial score (nSPS) is 15.7. The monoisotopic (exact) mass is 262 g/mol. The summed E-state index contributed by atoms with van der Waals surface area (Å²) in [7, 11) is 1.92. The molecule has 0 amide bonds. The second-order valence-corrected chi connectivity index (χ2v) is 5.42. The van der Waals surface area contributed by atoms with Crippen LogP contribution in [0.3, 0.4) is 0 Å². The predicted molar refractivity (Wildman–Crippen MR) is 80.6 cm³/mol. The van der Waals surface area contributed by atoms with Crippen LogP contribution in [0.25, 0.3) is 0 Å². The Morgan fingerprint density at radius 1 is 1.21 bits per heavy atom. The highest BCUT2D eigenvalue weighted by molar-refractivity contribution is 5.57. The zero-order chi connectivity index (χ0) is 13.5. The van der Waals surface area contributed by atoms with E-state index in [1.165, 1.54) is 37.7 Å². The highest BCUT2D eigenvalue weighted by atomic mass is 15.1. The lowest BCUT2D eigenvalue weighted by atomic mass is 10.0. The van der Waals surface area contributed by atoms with Crippen molar-refractivity contribution in [2.45, 2.75) is 51.9 Å². The predicted octanol–water partition coefficient (Wildman–Crippen LogP) is 3.46. The van der Waals surface area contributed by atoms with Crippen LogP contribution in [0.4, 0.5) is 11.6 Å². The molecule has 4 nitrogen and oxygen atoms in total. The number of nitrogens with one attached hydrogen (secondary N) is 2. The van der Waals surface area contributed by atoms with Crippen LogP contribution in [0.5, 0.6) is 0 Å². The van der Waals surface area contributed by atoms with Gasteiger partial charge in [-0.15, -0.1) is 0 Å². The lowest BCUT2D eigenvalue weighted by Crippen LogP contribution is -2.11. The van der Waals surface area contributed by atoms with E-state index in [0.717, 1.165) is 36.9 Å². The maximum Gasteiger partial charge on any atom is 0.134 e. The molecule has 0 bridgehead atoms. The number of rotatable bonds is 7. The van der Waals surface area contributed by atoms with Crippen LogP contribution < -0.4 is 10.6 Å². The third-order valence-electron chi connectivity index (χ3n) is 4.00. The number of hydrogen-bond acceptors (Lipinski definition) is 4. The van der Waals surface area contributed by atoms with Gasteiger partial charge in [-0.3, -0.25) is 0 Å². The fourth-order valence-electron chi connectivity index (χ4n) is 2.96. The van der Waals surface area contributed by atoms with Gasteiger partial charge in [0, 0.05) is 19.2 Å². The molecule has 2 N–H and O–H groups in total. The molecule has 4 heteroatoms. The molecule has 0 aliphatic heterocycles. The van der Waals surface area contributed by atoms with E-state index in [0.29, 0.717) is 0 Å². The van der Waals surface area contributed by atoms with Gasteiger partial charge in [-0.1, -0.05) is 39.0 Å². The van der Waals surface area contributed by atoms with Gasteiger partial charge in [0.2, 0.25) is 0 Å². The number of aromatic nitrogens is 2. The van der Waals surface area contributed by atoms with Crippen molar-refractivity contribution in [1.29, 1.82) is 0 Å². The fourth-order valence-corrected chi connectivity index (χ4v) is 2.96. The minimum atomic E-state index is 0.924. The molecule has 0 aromatic carbocycles. The molecular weight excluding hydrogens is 236 g/mol. The molecule has 0 radical (unpaired) electrons. The molecule has 1 saturated carbocycles. The summed E-state index contributed by atoms with van der Waals surface area (Å²) in [6.45, 7) is 3.22. The Kier molecular flexibility index (Phi) is 5.43. The van der Waals surface area contributed by atoms with Crippen molar-refractivity contribution in [3.63, 3.8) is 0 Å². The molecule has 106 valence electrons. The molecule has 0 atom stereocenters. The number of anilines is 2. The summed E-state index contributed by atoms with van der Waals surface area (Å²) in [6, 6.07) is 0. The maximum absolute atomic E-state index is 4.41. The quantitative estimate of drug-likeness (QED) is 0.790. The Hall–Kier alpha value is -1.32. The topological polar surface area (TPSA) is 49.8 Å². The van der Waals surface area contributed by atoms with E-state index in [1.807, 2.05) is 7.05 Å². The fraction of sp³-hybridized carbons (Fsp3) is 0.733. The summed E-state index contributed by atoms with van der Waals surface area (Å²) in [6.07, 6.45) is 10.7. The smallest absolute Gasteiger partial charge is 0.134 e. The average molecular weight is 262 g/mol. The number of nitrogens with zero attached hydrogens (tertiary/aromatic N) is 2. The third kappa shape index (κ3) is 3.82. The van der Waals surface area contributed by atoms with Crippen molar-refractivity contribution in [2.24, 2.45) is 5.92 Å². The Bertz CT molecular complexity index is 386. The van der Waals surface area contributed by atoms with Crippen LogP contribution >= 0.6 is 0 Å². The van der Waals surface area contributed by atoms with Crippen LogP contribution in [0.15, 0.2) is 6.33 Å². The second-order valence-electron chi connectivity index (χ2n) is 5.42.